The van der Waals surface area contributed by atoms with E-state index in [1.54, 1.807) is 0 Å². The molecule has 0 bridgehead atoms. The molecular formula is C14H20BrClN2O. The van der Waals surface area contributed by atoms with Gasteiger partial charge in [0, 0.05) is 16.6 Å². The number of halogens is 2. The van der Waals surface area contributed by atoms with Crippen LogP contribution in [-0.4, -0.2) is 24.5 Å². The molecule has 1 amide bonds. The van der Waals surface area contributed by atoms with Crippen LogP contribution in [0.5, 0.6) is 0 Å². The van der Waals surface area contributed by atoms with Crippen molar-refractivity contribution in [1.82, 2.24) is 10.6 Å². The summed E-state index contributed by atoms with van der Waals surface area (Å²) >= 11 is 3.42. The lowest BCUT2D eigenvalue weighted by molar-refractivity contribution is -0.121. The van der Waals surface area contributed by atoms with E-state index in [0.29, 0.717) is 18.5 Å². The topological polar surface area (TPSA) is 41.1 Å². The Morgan fingerprint density at radius 3 is 3.00 bits per heavy atom. The Labute approximate surface area is 129 Å². The smallest absolute Gasteiger partial charge is 0.224 e. The highest BCUT2D eigenvalue weighted by Gasteiger charge is 2.19. The summed E-state index contributed by atoms with van der Waals surface area (Å²) in [7, 11) is 0. The fourth-order valence-electron chi connectivity index (χ4n) is 2.37. The van der Waals surface area contributed by atoms with Crippen molar-refractivity contribution in [2.75, 3.05) is 6.54 Å². The van der Waals surface area contributed by atoms with Gasteiger partial charge in [0.15, 0.2) is 0 Å². The first-order chi connectivity index (χ1) is 8.63. The van der Waals surface area contributed by atoms with Crippen molar-refractivity contribution < 1.29 is 4.79 Å². The monoisotopic (exact) mass is 346 g/mol. The summed E-state index contributed by atoms with van der Waals surface area (Å²) in [6.45, 7) is 3.15. The second kappa shape index (κ2) is 7.88. The van der Waals surface area contributed by atoms with Gasteiger partial charge in [0.1, 0.15) is 0 Å². The minimum absolute atomic E-state index is 0. The van der Waals surface area contributed by atoms with Gasteiger partial charge in [-0.15, -0.1) is 12.4 Å². The van der Waals surface area contributed by atoms with Crippen LogP contribution >= 0.6 is 28.3 Å². The number of hydrogen-bond donors (Lipinski definition) is 2. The Balaban J connectivity index is 0.00000180. The molecule has 1 heterocycles. The standard InChI is InChI=1S/C14H19BrN2O.ClH/c1-10-7-13(5-6-16-10)17-14(18)9-11-3-2-4-12(15)8-11;/h2-4,8,10,13,16H,5-7,9H2,1H3,(H,17,18);1H. The van der Waals surface area contributed by atoms with Gasteiger partial charge in [-0.25, -0.2) is 0 Å². The molecule has 2 N–H and O–H groups in total. The zero-order valence-electron chi connectivity index (χ0n) is 11.0. The zero-order chi connectivity index (χ0) is 13.0. The molecule has 19 heavy (non-hydrogen) atoms. The van der Waals surface area contributed by atoms with Crippen molar-refractivity contribution in [3.05, 3.63) is 34.3 Å². The van der Waals surface area contributed by atoms with Gasteiger partial charge in [0.2, 0.25) is 5.91 Å². The van der Waals surface area contributed by atoms with Crippen molar-refractivity contribution in [3.8, 4) is 0 Å². The van der Waals surface area contributed by atoms with Gasteiger partial charge in [-0.2, -0.15) is 0 Å². The number of piperidine rings is 1. The van der Waals surface area contributed by atoms with E-state index in [-0.39, 0.29) is 18.3 Å². The molecule has 1 aliphatic heterocycles. The van der Waals surface area contributed by atoms with Crippen molar-refractivity contribution in [2.45, 2.75) is 38.3 Å². The molecule has 0 aromatic heterocycles. The largest absolute Gasteiger partial charge is 0.353 e. The van der Waals surface area contributed by atoms with Crippen LogP contribution in [0.4, 0.5) is 0 Å². The van der Waals surface area contributed by atoms with E-state index < -0.39 is 0 Å². The lowest BCUT2D eigenvalue weighted by atomic mass is 10.0. The first-order valence-electron chi connectivity index (χ1n) is 6.40. The fraction of sp³-hybridized carbons (Fsp3) is 0.500. The number of rotatable bonds is 3. The molecule has 0 spiro atoms. The van der Waals surface area contributed by atoms with Gasteiger partial charge in [-0.05, 0) is 44.0 Å². The van der Waals surface area contributed by atoms with E-state index in [9.17, 15) is 4.79 Å². The number of nitrogens with one attached hydrogen (secondary N) is 2. The van der Waals surface area contributed by atoms with Crippen molar-refractivity contribution in [3.63, 3.8) is 0 Å². The number of hydrogen-bond acceptors (Lipinski definition) is 2. The summed E-state index contributed by atoms with van der Waals surface area (Å²) < 4.78 is 1.02. The quantitative estimate of drug-likeness (QED) is 0.882. The van der Waals surface area contributed by atoms with E-state index in [4.69, 9.17) is 0 Å². The molecular weight excluding hydrogens is 328 g/mol. The highest BCUT2D eigenvalue weighted by molar-refractivity contribution is 9.10. The van der Waals surface area contributed by atoms with Crippen LogP contribution < -0.4 is 10.6 Å². The molecule has 0 saturated carbocycles. The Morgan fingerprint density at radius 2 is 2.32 bits per heavy atom. The minimum Gasteiger partial charge on any atom is -0.353 e. The molecule has 1 saturated heterocycles. The van der Waals surface area contributed by atoms with Crippen LogP contribution in [0.1, 0.15) is 25.3 Å². The average molecular weight is 348 g/mol. The van der Waals surface area contributed by atoms with Gasteiger partial charge in [0.05, 0.1) is 6.42 Å². The van der Waals surface area contributed by atoms with Crippen LogP contribution in [0, 0.1) is 0 Å². The maximum Gasteiger partial charge on any atom is 0.224 e. The molecule has 2 atom stereocenters. The lowest BCUT2D eigenvalue weighted by Crippen LogP contribution is -2.46. The van der Waals surface area contributed by atoms with Crippen LogP contribution in [-0.2, 0) is 11.2 Å². The van der Waals surface area contributed by atoms with Crippen LogP contribution in [0.25, 0.3) is 0 Å². The molecule has 106 valence electrons. The van der Waals surface area contributed by atoms with E-state index in [1.807, 2.05) is 24.3 Å². The molecule has 5 heteroatoms. The first-order valence-corrected chi connectivity index (χ1v) is 7.20. The molecule has 1 aromatic rings. The maximum atomic E-state index is 12.0. The van der Waals surface area contributed by atoms with Crippen LogP contribution in [0.2, 0.25) is 0 Å². The van der Waals surface area contributed by atoms with Gasteiger partial charge < -0.3 is 10.6 Å². The lowest BCUT2D eigenvalue weighted by Gasteiger charge is -2.28. The SMILES string of the molecule is CC1CC(NC(=O)Cc2cccc(Br)c2)CCN1.Cl. The zero-order valence-corrected chi connectivity index (χ0v) is 13.4. The van der Waals surface area contributed by atoms with E-state index in [0.717, 1.165) is 29.4 Å². The Morgan fingerprint density at radius 1 is 1.53 bits per heavy atom. The molecule has 0 aliphatic carbocycles. The Kier molecular flexibility index (Phi) is 6.83. The molecule has 1 fully saturated rings. The number of benzene rings is 1. The predicted octanol–water partition coefficient (Wildman–Crippen LogP) is 2.67. The Hall–Kier alpha value is -0.580. The molecule has 2 rings (SSSR count). The van der Waals surface area contributed by atoms with Crippen LogP contribution in [0.3, 0.4) is 0 Å². The van der Waals surface area contributed by atoms with E-state index >= 15 is 0 Å². The third-order valence-corrected chi connectivity index (χ3v) is 3.74. The van der Waals surface area contributed by atoms with Gasteiger partial charge in [-0.1, -0.05) is 28.1 Å². The summed E-state index contributed by atoms with van der Waals surface area (Å²) in [6.07, 6.45) is 2.50. The number of amides is 1. The van der Waals surface area contributed by atoms with Gasteiger partial charge in [-0.3, -0.25) is 4.79 Å². The average Bonchev–Trinajstić information content (AvgIpc) is 2.28. The molecule has 1 aliphatic rings. The third-order valence-electron chi connectivity index (χ3n) is 3.24. The maximum absolute atomic E-state index is 12.0. The highest BCUT2D eigenvalue weighted by Crippen LogP contribution is 2.13. The van der Waals surface area contributed by atoms with Crippen molar-refractivity contribution in [1.29, 1.82) is 0 Å². The molecule has 2 unspecified atom stereocenters. The molecule has 0 radical (unpaired) electrons. The Bertz CT molecular complexity index is 428. The van der Waals surface area contributed by atoms with Crippen LogP contribution in [0.15, 0.2) is 28.7 Å². The number of carbonyl (C=O) groups is 1. The van der Waals surface area contributed by atoms with E-state index in [2.05, 4.69) is 33.5 Å². The highest BCUT2D eigenvalue weighted by atomic mass is 79.9. The first kappa shape index (κ1) is 16.5. The fourth-order valence-corrected chi connectivity index (χ4v) is 2.82. The molecule has 3 nitrogen and oxygen atoms in total. The number of carbonyl (C=O) groups excluding carboxylic acids is 1. The predicted molar refractivity (Wildman–Crippen MR) is 83.7 cm³/mol. The normalized spacial score (nSPS) is 22.4. The summed E-state index contributed by atoms with van der Waals surface area (Å²) in [5.74, 6) is 0.118. The second-order valence-electron chi connectivity index (χ2n) is 4.95. The third kappa shape index (κ3) is 5.51. The van der Waals surface area contributed by atoms with Gasteiger partial charge in [0.25, 0.3) is 0 Å². The summed E-state index contributed by atoms with van der Waals surface area (Å²) in [5, 5.41) is 6.51. The second-order valence-corrected chi connectivity index (χ2v) is 5.87. The van der Waals surface area contributed by atoms with Crippen molar-refractivity contribution in [2.24, 2.45) is 0 Å². The molecule has 1 aromatic carbocycles. The van der Waals surface area contributed by atoms with Gasteiger partial charge >= 0.3 is 0 Å². The minimum atomic E-state index is 0. The summed E-state index contributed by atoms with van der Waals surface area (Å²) in [4.78, 5) is 12.0. The summed E-state index contributed by atoms with van der Waals surface area (Å²) in [5.41, 5.74) is 1.05. The summed E-state index contributed by atoms with van der Waals surface area (Å²) in [6, 6.07) is 8.71. The van der Waals surface area contributed by atoms with E-state index in [1.165, 1.54) is 0 Å². The van der Waals surface area contributed by atoms with Crippen molar-refractivity contribution >= 4 is 34.2 Å².